The molecule has 5 heteroatoms. The molecule has 1 aromatic carbocycles. The van der Waals surface area contributed by atoms with Gasteiger partial charge in [-0.1, -0.05) is 30.3 Å². The quantitative estimate of drug-likeness (QED) is 0.859. The van der Waals surface area contributed by atoms with Crippen molar-refractivity contribution < 1.29 is 13.5 Å². The van der Waals surface area contributed by atoms with E-state index in [4.69, 9.17) is 0 Å². The highest BCUT2D eigenvalue weighted by atomic mass is 32.2. The topological polar surface area (TPSA) is 57.6 Å². The van der Waals surface area contributed by atoms with Crippen LogP contribution in [-0.4, -0.2) is 43.8 Å². The van der Waals surface area contributed by atoms with Crippen LogP contribution in [0.2, 0.25) is 0 Å². The summed E-state index contributed by atoms with van der Waals surface area (Å²) in [7, 11) is -3.17. The molecule has 1 heterocycles. The van der Waals surface area contributed by atoms with Gasteiger partial charge in [-0.05, 0) is 12.0 Å². The Hall–Kier alpha value is -0.910. The van der Waals surface area contributed by atoms with Crippen molar-refractivity contribution in [2.24, 2.45) is 0 Å². The first-order valence-corrected chi connectivity index (χ1v) is 7.44. The van der Waals surface area contributed by atoms with Crippen LogP contribution in [-0.2, 0) is 15.4 Å². The Bertz CT molecular complexity index is 486. The van der Waals surface area contributed by atoms with Crippen LogP contribution in [0.4, 0.5) is 0 Å². The van der Waals surface area contributed by atoms with E-state index in [-0.39, 0.29) is 6.61 Å². The molecule has 1 unspecified atom stereocenters. The van der Waals surface area contributed by atoms with Crippen molar-refractivity contribution in [3.05, 3.63) is 35.9 Å². The van der Waals surface area contributed by atoms with E-state index in [0.29, 0.717) is 19.5 Å². The number of rotatable bonds is 3. The van der Waals surface area contributed by atoms with Crippen LogP contribution in [0.15, 0.2) is 30.3 Å². The predicted octanol–water partition coefficient (Wildman–Crippen LogP) is 0.582. The van der Waals surface area contributed by atoms with Crippen LogP contribution in [0.5, 0.6) is 0 Å². The van der Waals surface area contributed by atoms with E-state index in [1.807, 2.05) is 30.3 Å². The molecule has 1 aromatic rings. The number of hydrogen-bond donors (Lipinski definition) is 1. The zero-order valence-electron chi connectivity index (χ0n) is 9.83. The fraction of sp³-hybridized carbons (Fsp3) is 0.500. The van der Waals surface area contributed by atoms with Gasteiger partial charge in [0, 0.05) is 18.5 Å². The minimum Gasteiger partial charge on any atom is -0.395 e. The molecule has 0 aromatic heterocycles. The number of benzene rings is 1. The third kappa shape index (κ3) is 2.36. The molecule has 1 atom stereocenters. The van der Waals surface area contributed by atoms with E-state index < -0.39 is 15.4 Å². The van der Waals surface area contributed by atoms with Crippen LogP contribution < -0.4 is 0 Å². The molecule has 1 saturated heterocycles. The summed E-state index contributed by atoms with van der Waals surface area (Å²) in [6.45, 7) is 0.823. The number of nitrogens with zero attached hydrogens (tertiary/aromatic N) is 1. The van der Waals surface area contributed by atoms with Crippen LogP contribution in [0.25, 0.3) is 0 Å². The van der Waals surface area contributed by atoms with Gasteiger partial charge >= 0.3 is 0 Å². The second-order valence-corrected chi connectivity index (χ2v) is 6.63. The molecule has 0 amide bonds. The minimum absolute atomic E-state index is 0.0248. The maximum absolute atomic E-state index is 11.5. The van der Waals surface area contributed by atoms with Crippen LogP contribution in [0.3, 0.4) is 0 Å². The van der Waals surface area contributed by atoms with E-state index in [9.17, 15) is 13.5 Å². The summed E-state index contributed by atoms with van der Waals surface area (Å²) >= 11 is 0. The molecule has 1 fully saturated rings. The van der Waals surface area contributed by atoms with Gasteiger partial charge in [0.1, 0.15) is 0 Å². The Labute approximate surface area is 102 Å². The average Bonchev–Trinajstić information content (AvgIpc) is 2.75. The van der Waals surface area contributed by atoms with Crippen LogP contribution in [0, 0.1) is 0 Å². The fourth-order valence-corrected chi connectivity index (χ4v) is 3.27. The van der Waals surface area contributed by atoms with E-state index in [0.717, 1.165) is 5.56 Å². The van der Waals surface area contributed by atoms with E-state index in [1.165, 1.54) is 10.6 Å². The van der Waals surface area contributed by atoms with Gasteiger partial charge in [0.25, 0.3) is 0 Å². The third-order valence-electron chi connectivity index (χ3n) is 3.48. The highest BCUT2D eigenvalue weighted by molar-refractivity contribution is 7.88. The highest BCUT2D eigenvalue weighted by Gasteiger charge is 2.42. The molecule has 1 aliphatic rings. The molecular formula is C12H17NO3S. The summed E-state index contributed by atoms with van der Waals surface area (Å²) in [6.07, 6.45) is 1.88. The van der Waals surface area contributed by atoms with Gasteiger partial charge < -0.3 is 5.11 Å². The van der Waals surface area contributed by atoms with Gasteiger partial charge in [0.05, 0.1) is 12.9 Å². The minimum atomic E-state index is -3.17. The molecule has 1 N–H and O–H groups in total. The number of sulfonamides is 1. The van der Waals surface area contributed by atoms with Crippen molar-refractivity contribution in [1.29, 1.82) is 0 Å². The smallest absolute Gasteiger partial charge is 0.211 e. The first-order chi connectivity index (χ1) is 7.98. The second-order valence-electron chi connectivity index (χ2n) is 4.65. The summed E-state index contributed by atoms with van der Waals surface area (Å²) in [4.78, 5) is 0. The molecular weight excluding hydrogens is 238 g/mol. The van der Waals surface area contributed by atoms with Gasteiger partial charge in [-0.3, -0.25) is 0 Å². The van der Waals surface area contributed by atoms with Gasteiger partial charge in [-0.15, -0.1) is 0 Å². The van der Waals surface area contributed by atoms with Crippen molar-refractivity contribution >= 4 is 10.0 Å². The molecule has 0 spiro atoms. The molecule has 94 valence electrons. The maximum Gasteiger partial charge on any atom is 0.211 e. The third-order valence-corrected chi connectivity index (χ3v) is 4.73. The molecule has 0 radical (unpaired) electrons. The molecule has 0 saturated carbocycles. The van der Waals surface area contributed by atoms with Crippen molar-refractivity contribution in [2.75, 3.05) is 26.0 Å². The van der Waals surface area contributed by atoms with Crippen molar-refractivity contribution in [1.82, 2.24) is 4.31 Å². The first kappa shape index (κ1) is 12.5. The highest BCUT2D eigenvalue weighted by Crippen LogP contribution is 2.35. The zero-order chi connectivity index (χ0) is 12.5. The SMILES string of the molecule is CS(=O)(=O)N1CCC(CO)(c2ccccc2)C1. The van der Waals surface area contributed by atoms with E-state index in [2.05, 4.69) is 0 Å². The van der Waals surface area contributed by atoms with Gasteiger partial charge in [-0.25, -0.2) is 12.7 Å². The lowest BCUT2D eigenvalue weighted by Crippen LogP contribution is -2.36. The predicted molar refractivity (Wildman–Crippen MR) is 66.2 cm³/mol. The standard InChI is InChI=1S/C12H17NO3S/c1-17(15,16)13-8-7-12(9-13,10-14)11-5-3-2-4-6-11/h2-6,14H,7-10H2,1H3. The first-order valence-electron chi connectivity index (χ1n) is 5.59. The summed E-state index contributed by atoms with van der Waals surface area (Å²) in [5, 5.41) is 9.63. The normalized spacial score (nSPS) is 26.2. The largest absolute Gasteiger partial charge is 0.395 e. The fourth-order valence-electron chi connectivity index (χ4n) is 2.37. The number of hydrogen-bond acceptors (Lipinski definition) is 3. The molecule has 17 heavy (non-hydrogen) atoms. The van der Waals surface area contributed by atoms with Crippen molar-refractivity contribution in [3.63, 3.8) is 0 Å². The van der Waals surface area contributed by atoms with E-state index >= 15 is 0 Å². The number of aliphatic hydroxyl groups is 1. The average molecular weight is 255 g/mol. The van der Waals surface area contributed by atoms with Crippen molar-refractivity contribution in [3.8, 4) is 0 Å². The van der Waals surface area contributed by atoms with Gasteiger partial charge in [0.15, 0.2) is 0 Å². The molecule has 0 aliphatic carbocycles. The Balaban J connectivity index is 2.31. The lowest BCUT2D eigenvalue weighted by Gasteiger charge is -2.27. The van der Waals surface area contributed by atoms with Crippen molar-refractivity contribution in [2.45, 2.75) is 11.8 Å². The Kier molecular flexibility index (Phi) is 3.25. The lowest BCUT2D eigenvalue weighted by atomic mass is 9.80. The molecule has 4 nitrogen and oxygen atoms in total. The Morgan fingerprint density at radius 3 is 2.47 bits per heavy atom. The summed E-state index contributed by atoms with van der Waals surface area (Å²) in [5.41, 5.74) is 0.568. The van der Waals surface area contributed by atoms with Gasteiger partial charge in [-0.2, -0.15) is 0 Å². The van der Waals surface area contributed by atoms with Crippen LogP contribution in [0.1, 0.15) is 12.0 Å². The molecule has 0 bridgehead atoms. The summed E-state index contributed by atoms with van der Waals surface area (Å²) < 4.78 is 24.5. The molecule has 2 rings (SSSR count). The summed E-state index contributed by atoms with van der Waals surface area (Å²) in [6, 6.07) is 9.63. The second kappa shape index (κ2) is 4.40. The summed E-state index contributed by atoms with van der Waals surface area (Å²) in [5.74, 6) is 0. The number of aliphatic hydroxyl groups excluding tert-OH is 1. The van der Waals surface area contributed by atoms with Crippen LogP contribution >= 0.6 is 0 Å². The zero-order valence-corrected chi connectivity index (χ0v) is 10.7. The Morgan fingerprint density at radius 1 is 1.35 bits per heavy atom. The Morgan fingerprint density at radius 2 is 2.00 bits per heavy atom. The maximum atomic E-state index is 11.5. The van der Waals surface area contributed by atoms with Gasteiger partial charge in [0.2, 0.25) is 10.0 Å². The monoisotopic (exact) mass is 255 g/mol. The van der Waals surface area contributed by atoms with E-state index in [1.54, 1.807) is 0 Å². The lowest BCUT2D eigenvalue weighted by molar-refractivity contribution is 0.200. The molecule has 1 aliphatic heterocycles.